The van der Waals surface area contributed by atoms with Crippen molar-refractivity contribution >= 4 is 15.8 Å². The maximum absolute atomic E-state index is 13.1. The molecule has 0 spiro atoms. The van der Waals surface area contributed by atoms with Gasteiger partial charge in [0.05, 0.1) is 20.3 Å². The van der Waals surface area contributed by atoms with Crippen LogP contribution >= 0.6 is 0 Å². The highest BCUT2D eigenvalue weighted by Crippen LogP contribution is 2.42. The van der Waals surface area contributed by atoms with Crippen LogP contribution in [0.25, 0.3) is 0 Å². The van der Waals surface area contributed by atoms with Gasteiger partial charge in [0.25, 0.3) is 10.0 Å². The third-order valence-corrected chi connectivity index (χ3v) is 6.47. The zero-order valence-electron chi connectivity index (χ0n) is 14.4. The zero-order valence-corrected chi connectivity index (χ0v) is 15.2. The van der Waals surface area contributed by atoms with E-state index < -0.39 is 10.0 Å². The molecule has 0 amide bonds. The molecule has 25 heavy (non-hydrogen) atoms. The van der Waals surface area contributed by atoms with Crippen molar-refractivity contribution in [3.05, 3.63) is 29.5 Å². The van der Waals surface area contributed by atoms with E-state index in [4.69, 9.17) is 19.7 Å². The van der Waals surface area contributed by atoms with Crippen LogP contribution in [0.2, 0.25) is 0 Å². The predicted molar refractivity (Wildman–Crippen MR) is 91.1 cm³/mol. The molecule has 1 aliphatic rings. The summed E-state index contributed by atoms with van der Waals surface area (Å²) >= 11 is 0. The molecular weight excluding hydrogens is 346 g/mol. The number of nitrogen functional groups attached to an aromatic ring is 1. The van der Waals surface area contributed by atoms with Crippen LogP contribution in [-0.4, -0.2) is 38.6 Å². The lowest BCUT2D eigenvalue weighted by Crippen LogP contribution is -2.31. The van der Waals surface area contributed by atoms with Gasteiger partial charge in [-0.15, -0.1) is 0 Å². The monoisotopic (exact) mass is 367 g/mol. The van der Waals surface area contributed by atoms with Crippen LogP contribution in [0.4, 0.5) is 5.82 Å². The van der Waals surface area contributed by atoms with Gasteiger partial charge >= 0.3 is 0 Å². The molecule has 0 bridgehead atoms. The lowest BCUT2D eigenvalue weighted by Gasteiger charge is -2.25. The minimum atomic E-state index is -3.83. The summed E-state index contributed by atoms with van der Waals surface area (Å²) in [5, 5.41) is 3.56. The van der Waals surface area contributed by atoms with E-state index >= 15 is 0 Å². The molecule has 1 aromatic heterocycles. The van der Waals surface area contributed by atoms with Gasteiger partial charge in [-0.3, -0.25) is 0 Å². The van der Waals surface area contributed by atoms with Crippen LogP contribution in [0.5, 0.6) is 11.5 Å². The molecule has 2 aromatic rings. The first kappa shape index (κ1) is 17.6. The lowest BCUT2D eigenvalue weighted by molar-refractivity contribution is 0.360. The molecule has 9 heteroatoms. The number of hydrogen-bond donors (Lipinski definition) is 1. The number of aromatic nitrogens is 1. The van der Waals surface area contributed by atoms with Gasteiger partial charge in [0, 0.05) is 18.2 Å². The quantitative estimate of drug-likeness (QED) is 0.862. The van der Waals surface area contributed by atoms with Gasteiger partial charge in [-0.1, -0.05) is 11.2 Å². The van der Waals surface area contributed by atoms with Gasteiger partial charge < -0.3 is 19.7 Å². The maximum Gasteiger partial charge on any atom is 0.250 e. The molecule has 8 nitrogen and oxygen atoms in total. The van der Waals surface area contributed by atoms with Crippen LogP contribution < -0.4 is 15.2 Å². The van der Waals surface area contributed by atoms with E-state index in [1.165, 1.54) is 11.2 Å². The molecule has 0 saturated carbocycles. The van der Waals surface area contributed by atoms with Crippen molar-refractivity contribution in [3.63, 3.8) is 0 Å². The highest BCUT2D eigenvalue weighted by atomic mass is 32.2. The SMILES string of the molecule is COc1ccc(C2CCCN2S(=O)(=O)c2c(N)noc2C)c(OC)c1. The summed E-state index contributed by atoms with van der Waals surface area (Å²) < 4.78 is 43.3. The van der Waals surface area contributed by atoms with E-state index in [1.807, 2.05) is 6.07 Å². The molecule has 0 radical (unpaired) electrons. The van der Waals surface area contributed by atoms with Crippen LogP contribution in [0.3, 0.4) is 0 Å². The standard InChI is InChI=1S/C16H21N3O5S/c1-10-15(16(17)18-24-10)25(20,21)19-8-4-5-13(19)12-7-6-11(22-2)9-14(12)23-3/h6-7,9,13H,4-5,8H2,1-3H3,(H2,17,18). The molecule has 1 aliphatic heterocycles. The van der Waals surface area contributed by atoms with E-state index in [2.05, 4.69) is 5.16 Å². The van der Waals surface area contributed by atoms with E-state index in [0.29, 0.717) is 24.5 Å². The van der Waals surface area contributed by atoms with E-state index in [1.54, 1.807) is 26.4 Å². The minimum Gasteiger partial charge on any atom is -0.497 e. The highest BCUT2D eigenvalue weighted by Gasteiger charge is 2.40. The Hall–Kier alpha value is -2.26. The fraction of sp³-hybridized carbons (Fsp3) is 0.438. The number of anilines is 1. The average Bonchev–Trinajstić information content (AvgIpc) is 3.21. The summed E-state index contributed by atoms with van der Waals surface area (Å²) in [4.78, 5) is -0.0631. The van der Waals surface area contributed by atoms with Gasteiger partial charge in [-0.25, -0.2) is 8.42 Å². The van der Waals surface area contributed by atoms with Crippen molar-refractivity contribution in [1.29, 1.82) is 0 Å². The molecule has 136 valence electrons. The number of ether oxygens (including phenoxy) is 2. The molecular formula is C16H21N3O5S. The number of benzene rings is 1. The van der Waals surface area contributed by atoms with E-state index in [0.717, 1.165) is 12.0 Å². The molecule has 3 rings (SSSR count). The fourth-order valence-electron chi connectivity index (χ4n) is 3.24. The molecule has 2 heterocycles. The van der Waals surface area contributed by atoms with Crippen molar-refractivity contribution in [3.8, 4) is 11.5 Å². The average molecular weight is 367 g/mol. The van der Waals surface area contributed by atoms with Crippen molar-refractivity contribution in [1.82, 2.24) is 9.46 Å². The Labute approximate surface area is 146 Å². The number of nitrogens with zero attached hydrogens (tertiary/aromatic N) is 2. The second-order valence-electron chi connectivity index (χ2n) is 5.83. The number of methoxy groups -OCH3 is 2. The Bertz CT molecular complexity index is 858. The molecule has 1 fully saturated rings. The van der Waals surface area contributed by atoms with Gasteiger partial charge in [-0.2, -0.15) is 4.31 Å². The van der Waals surface area contributed by atoms with Crippen molar-refractivity contribution < 1.29 is 22.4 Å². The first-order chi connectivity index (χ1) is 11.9. The topological polar surface area (TPSA) is 108 Å². The molecule has 2 N–H and O–H groups in total. The summed E-state index contributed by atoms with van der Waals surface area (Å²) in [6, 6.07) is 5.02. The molecule has 1 atom stereocenters. The number of hydrogen-bond acceptors (Lipinski definition) is 7. The third-order valence-electron chi connectivity index (χ3n) is 4.40. The molecule has 1 aromatic carbocycles. The first-order valence-electron chi connectivity index (χ1n) is 7.85. The maximum atomic E-state index is 13.1. The Kier molecular flexibility index (Phi) is 4.61. The molecule has 1 saturated heterocycles. The fourth-order valence-corrected chi connectivity index (χ4v) is 5.10. The predicted octanol–water partition coefficient (Wildman–Crippen LogP) is 2.11. The summed E-state index contributed by atoms with van der Waals surface area (Å²) in [6.45, 7) is 1.93. The number of aryl methyl sites for hydroxylation is 1. The van der Waals surface area contributed by atoms with Crippen molar-refractivity contribution in [2.75, 3.05) is 26.5 Å². The van der Waals surface area contributed by atoms with Crippen molar-refractivity contribution in [2.24, 2.45) is 0 Å². The third kappa shape index (κ3) is 2.93. The highest BCUT2D eigenvalue weighted by molar-refractivity contribution is 7.89. The second kappa shape index (κ2) is 6.57. The van der Waals surface area contributed by atoms with Crippen LogP contribution in [0.1, 0.15) is 30.2 Å². The Balaban J connectivity index is 2.04. The largest absolute Gasteiger partial charge is 0.497 e. The van der Waals surface area contributed by atoms with Gasteiger partial charge in [0.1, 0.15) is 11.5 Å². The van der Waals surface area contributed by atoms with E-state index in [9.17, 15) is 8.42 Å². The number of nitrogens with two attached hydrogens (primary N) is 1. The molecule has 0 aliphatic carbocycles. The van der Waals surface area contributed by atoms with Gasteiger partial charge in [0.15, 0.2) is 16.5 Å². The van der Waals surface area contributed by atoms with Crippen LogP contribution in [0, 0.1) is 6.92 Å². The van der Waals surface area contributed by atoms with Crippen LogP contribution in [0.15, 0.2) is 27.6 Å². The number of rotatable bonds is 5. The second-order valence-corrected chi connectivity index (χ2v) is 7.66. The normalized spacial score (nSPS) is 18.4. The smallest absolute Gasteiger partial charge is 0.250 e. The Morgan fingerprint density at radius 1 is 1.32 bits per heavy atom. The van der Waals surface area contributed by atoms with Crippen LogP contribution in [-0.2, 0) is 10.0 Å². The van der Waals surface area contributed by atoms with Gasteiger partial charge in [-0.05, 0) is 25.8 Å². The first-order valence-corrected chi connectivity index (χ1v) is 9.29. The Morgan fingerprint density at radius 3 is 2.68 bits per heavy atom. The lowest BCUT2D eigenvalue weighted by atomic mass is 10.0. The molecule has 1 unspecified atom stereocenters. The summed E-state index contributed by atoms with van der Waals surface area (Å²) in [5.41, 5.74) is 6.51. The summed E-state index contributed by atoms with van der Waals surface area (Å²) in [6.07, 6.45) is 1.43. The van der Waals surface area contributed by atoms with Gasteiger partial charge in [0.2, 0.25) is 0 Å². The zero-order chi connectivity index (χ0) is 18.2. The minimum absolute atomic E-state index is 0.0631. The van der Waals surface area contributed by atoms with E-state index in [-0.39, 0.29) is 22.5 Å². The summed E-state index contributed by atoms with van der Waals surface area (Å²) in [7, 11) is -0.712. The summed E-state index contributed by atoms with van der Waals surface area (Å²) in [5.74, 6) is 1.29. The van der Waals surface area contributed by atoms with Crippen molar-refractivity contribution in [2.45, 2.75) is 30.7 Å². The number of sulfonamides is 1. The Morgan fingerprint density at radius 2 is 2.08 bits per heavy atom.